The summed E-state index contributed by atoms with van der Waals surface area (Å²) in [6.07, 6.45) is 0. The van der Waals surface area contributed by atoms with E-state index in [4.69, 9.17) is 21.8 Å². The van der Waals surface area contributed by atoms with Gasteiger partial charge in [0.25, 0.3) is 0 Å². The van der Waals surface area contributed by atoms with Crippen molar-refractivity contribution in [1.29, 1.82) is 0 Å². The predicted octanol–water partition coefficient (Wildman–Crippen LogP) is 4.44. The fourth-order valence-electron chi connectivity index (χ4n) is 2.22. The SMILES string of the molecule is Cc1cccc2cc(C(N)c3ccc(Cl)cc3)oc12. The lowest BCUT2D eigenvalue weighted by Gasteiger charge is -2.08. The summed E-state index contributed by atoms with van der Waals surface area (Å²) < 4.78 is 5.89. The minimum Gasteiger partial charge on any atom is -0.459 e. The summed E-state index contributed by atoms with van der Waals surface area (Å²) in [7, 11) is 0. The van der Waals surface area contributed by atoms with Crippen molar-refractivity contribution < 1.29 is 4.42 Å². The first-order valence-corrected chi connectivity index (χ1v) is 6.53. The third-order valence-electron chi connectivity index (χ3n) is 3.30. The highest BCUT2D eigenvalue weighted by Crippen LogP contribution is 2.28. The number of halogens is 1. The van der Waals surface area contributed by atoms with Crippen LogP contribution in [-0.2, 0) is 0 Å². The Balaban J connectivity index is 2.04. The second-order valence-corrected chi connectivity index (χ2v) is 5.11. The Morgan fingerprint density at radius 2 is 1.84 bits per heavy atom. The molecule has 1 atom stereocenters. The Morgan fingerprint density at radius 3 is 2.53 bits per heavy atom. The van der Waals surface area contributed by atoms with Crippen LogP contribution in [-0.4, -0.2) is 0 Å². The molecule has 96 valence electrons. The minimum absolute atomic E-state index is 0.274. The highest BCUT2D eigenvalue weighted by Gasteiger charge is 2.14. The van der Waals surface area contributed by atoms with Gasteiger partial charge in [-0.25, -0.2) is 0 Å². The maximum Gasteiger partial charge on any atom is 0.137 e. The van der Waals surface area contributed by atoms with Crippen molar-refractivity contribution in [3.8, 4) is 0 Å². The van der Waals surface area contributed by atoms with Gasteiger partial charge < -0.3 is 10.2 Å². The summed E-state index contributed by atoms with van der Waals surface area (Å²) in [4.78, 5) is 0. The molecule has 3 aromatic rings. The summed E-state index contributed by atoms with van der Waals surface area (Å²) in [5.74, 6) is 0.770. The molecule has 0 bridgehead atoms. The van der Waals surface area contributed by atoms with E-state index in [1.54, 1.807) is 0 Å². The van der Waals surface area contributed by atoms with Crippen molar-refractivity contribution in [2.75, 3.05) is 0 Å². The zero-order valence-electron chi connectivity index (χ0n) is 10.6. The molecule has 2 N–H and O–H groups in total. The van der Waals surface area contributed by atoms with Gasteiger partial charge in [-0.05, 0) is 36.2 Å². The van der Waals surface area contributed by atoms with E-state index < -0.39 is 0 Å². The molecule has 0 fully saturated rings. The second-order valence-electron chi connectivity index (χ2n) is 4.67. The fourth-order valence-corrected chi connectivity index (χ4v) is 2.34. The van der Waals surface area contributed by atoms with Crippen molar-refractivity contribution in [2.45, 2.75) is 13.0 Å². The highest BCUT2D eigenvalue weighted by atomic mass is 35.5. The summed E-state index contributed by atoms with van der Waals surface area (Å²) in [6, 6.07) is 15.3. The van der Waals surface area contributed by atoms with Gasteiger partial charge in [0, 0.05) is 10.4 Å². The van der Waals surface area contributed by atoms with Crippen molar-refractivity contribution in [1.82, 2.24) is 0 Å². The van der Waals surface area contributed by atoms with Crippen LogP contribution in [0.15, 0.2) is 52.9 Å². The van der Waals surface area contributed by atoms with E-state index in [1.807, 2.05) is 55.5 Å². The maximum absolute atomic E-state index is 6.24. The van der Waals surface area contributed by atoms with Crippen LogP contribution in [0.4, 0.5) is 0 Å². The van der Waals surface area contributed by atoms with E-state index in [0.717, 1.165) is 27.9 Å². The summed E-state index contributed by atoms with van der Waals surface area (Å²) in [6.45, 7) is 2.03. The molecule has 2 nitrogen and oxygen atoms in total. The Bertz CT molecular complexity index is 715. The summed E-state index contributed by atoms with van der Waals surface area (Å²) >= 11 is 5.88. The molecule has 0 radical (unpaired) electrons. The first kappa shape index (κ1) is 12.3. The topological polar surface area (TPSA) is 39.2 Å². The van der Waals surface area contributed by atoms with Crippen LogP contribution in [0.25, 0.3) is 11.0 Å². The molecule has 0 aliphatic heterocycles. The largest absolute Gasteiger partial charge is 0.459 e. The lowest BCUT2D eigenvalue weighted by atomic mass is 10.1. The van der Waals surface area contributed by atoms with Crippen LogP contribution in [0.2, 0.25) is 5.02 Å². The molecule has 1 heterocycles. The van der Waals surface area contributed by atoms with E-state index in [2.05, 4.69) is 0 Å². The zero-order valence-corrected chi connectivity index (χ0v) is 11.3. The van der Waals surface area contributed by atoms with Gasteiger partial charge in [0.2, 0.25) is 0 Å². The van der Waals surface area contributed by atoms with Gasteiger partial charge in [0.15, 0.2) is 0 Å². The van der Waals surface area contributed by atoms with Gasteiger partial charge in [-0.15, -0.1) is 0 Å². The monoisotopic (exact) mass is 271 g/mol. The van der Waals surface area contributed by atoms with E-state index in [-0.39, 0.29) is 6.04 Å². The Morgan fingerprint density at radius 1 is 1.11 bits per heavy atom. The summed E-state index contributed by atoms with van der Waals surface area (Å²) in [5, 5.41) is 1.79. The number of hydrogen-bond acceptors (Lipinski definition) is 2. The fraction of sp³-hybridized carbons (Fsp3) is 0.125. The van der Waals surface area contributed by atoms with Crippen molar-refractivity contribution in [3.05, 3.63) is 70.4 Å². The van der Waals surface area contributed by atoms with E-state index >= 15 is 0 Å². The number of para-hydroxylation sites is 1. The molecule has 3 rings (SSSR count). The number of hydrogen-bond donors (Lipinski definition) is 1. The van der Waals surface area contributed by atoms with E-state index in [9.17, 15) is 0 Å². The third kappa shape index (κ3) is 2.25. The highest BCUT2D eigenvalue weighted by molar-refractivity contribution is 6.30. The molecule has 3 heteroatoms. The second kappa shape index (κ2) is 4.72. The number of benzene rings is 2. The standard InChI is InChI=1S/C16H14ClNO/c1-10-3-2-4-12-9-14(19-16(10)12)15(18)11-5-7-13(17)8-6-11/h2-9,15H,18H2,1H3. The average Bonchev–Trinajstić information content (AvgIpc) is 2.84. The van der Waals surface area contributed by atoms with Crippen LogP contribution in [0, 0.1) is 6.92 Å². The maximum atomic E-state index is 6.24. The summed E-state index contributed by atoms with van der Waals surface area (Å²) in [5.41, 5.74) is 9.25. The van der Waals surface area contributed by atoms with Crippen molar-refractivity contribution in [2.24, 2.45) is 5.73 Å². The van der Waals surface area contributed by atoms with E-state index in [0.29, 0.717) is 5.02 Å². The first-order valence-electron chi connectivity index (χ1n) is 6.15. The Hall–Kier alpha value is -1.77. The van der Waals surface area contributed by atoms with Crippen molar-refractivity contribution in [3.63, 3.8) is 0 Å². The van der Waals surface area contributed by atoms with Gasteiger partial charge in [-0.1, -0.05) is 41.9 Å². The quantitative estimate of drug-likeness (QED) is 0.748. The number of aryl methyl sites for hydroxylation is 1. The van der Waals surface area contributed by atoms with Gasteiger partial charge >= 0.3 is 0 Å². The Kier molecular flexibility index (Phi) is 3.05. The van der Waals surface area contributed by atoms with Crippen LogP contribution in [0.1, 0.15) is 22.9 Å². The molecule has 1 unspecified atom stereocenters. The van der Waals surface area contributed by atoms with Crippen LogP contribution >= 0.6 is 11.6 Å². The molecule has 0 aliphatic rings. The molecule has 0 saturated carbocycles. The van der Waals surface area contributed by atoms with E-state index in [1.165, 1.54) is 0 Å². The molecule has 0 aliphatic carbocycles. The zero-order chi connectivity index (χ0) is 13.4. The normalized spacial score (nSPS) is 12.8. The predicted molar refractivity (Wildman–Crippen MR) is 78.4 cm³/mol. The Labute approximate surface area is 116 Å². The number of nitrogens with two attached hydrogens (primary N) is 1. The average molecular weight is 272 g/mol. The van der Waals surface area contributed by atoms with Crippen molar-refractivity contribution >= 4 is 22.6 Å². The number of fused-ring (bicyclic) bond motifs is 1. The number of rotatable bonds is 2. The van der Waals surface area contributed by atoms with Crippen LogP contribution < -0.4 is 5.73 Å². The molecule has 2 aromatic carbocycles. The molecule has 19 heavy (non-hydrogen) atoms. The smallest absolute Gasteiger partial charge is 0.137 e. The molecule has 0 saturated heterocycles. The van der Waals surface area contributed by atoms with Gasteiger partial charge in [-0.3, -0.25) is 0 Å². The molecule has 1 aromatic heterocycles. The molecular formula is C16H14ClNO. The molecule has 0 amide bonds. The van der Waals surface area contributed by atoms with Gasteiger partial charge in [-0.2, -0.15) is 0 Å². The molecular weight excluding hydrogens is 258 g/mol. The lowest BCUT2D eigenvalue weighted by molar-refractivity contribution is 0.523. The van der Waals surface area contributed by atoms with Crippen LogP contribution in [0.5, 0.6) is 0 Å². The minimum atomic E-state index is -0.274. The van der Waals surface area contributed by atoms with Gasteiger partial charge in [0.1, 0.15) is 11.3 Å². The third-order valence-corrected chi connectivity index (χ3v) is 3.55. The number of furan rings is 1. The molecule has 0 spiro atoms. The van der Waals surface area contributed by atoms with Crippen LogP contribution in [0.3, 0.4) is 0 Å². The lowest BCUT2D eigenvalue weighted by Crippen LogP contribution is -2.10. The first-order chi connectivity index (χ1) is 9.15. The van der Waals surface area contributed by atoms with Gasteiger partial charge in [0.05, 0.1) is 6.04 Å².